The van der Waals surface area contributed by atoms with Crippen LogP contribution in [0.15, 0.2) is 170 Å². The summed E-state index contributed by atoms with van der Waals surface area (Å²) in [6.07, 6.45) is 0. The van der Waals surface area contributed by atoms with Crippen molar-refractivity contribution in [2.75, 3.05) is 0 Å². The standard InChI is InChI=1S/C50H28N4O/c51-29-33-23-25-40-39-24-22-32(26-46(39)55-45-21-11-20-34(33)47(40)45)41-27-42-37-18-9-10-19-38(37)44(28-43(42)36-17-8-7-16-35(36)41)50-53-48(30-12-3-1-4-13-30)52-49(54-50)31-14-5-2-6-15-31/h1-28H. The van der Waals surface area contributed by atoms with Crippen LogP contribution in [0.1, 0.15) is 5.56 Å². The minimum absolute atomic E-state index is 0.628. The Morgan fingerprint density at radius 1 is 0.364 bits per heavy atom. The molecule has 0 N–H and O–H groups in total. The highest BCUT2D eigenvalue weighted by Gasteiger charge is 2.23. The lowest BCUT2D eigenvalue weighted by Gasteiger charge is -2.23. The van der Waals surface area contributed by atoms with E-state index in [4.69, 9.17) is 19.7 Å². The highest BCUT2D eigenvalue weighted by atomic mass is 16.5. The lowest BCUT2D eigenvalue weighted by molar-refractivity contribution is 0.487. The van der Waals surface area contributed by atoms with E-state index in [-0.39, 0.29) is 0 Å². The molecule has 0 bridgehead atoms. The average Bonchev–Trinajstić information content (AvgIpc) is 3.26. The van der Waals surface area contributed by atoms with Crippen LogP contribution in [0.2, 0.25) is 0 Å². The van der Waals surface area contributed by atoms with Crippen LogP contribution in [0.3, 0.4) is 0 Å². The summed E-state index contributed by atoms with van der Waals surface area (Å²) in [6, 6.07) is 60.6. The lowest BCUT2D eigenvalue weighted by Crippen LogP contribution is -2.01. The predicted molar refractivity (Wildman–Crippen MR) is 222 cm³/mol. The SMILES string of the molecule is N#Cc1ccc2c3c(cccc13)Oc1cc(-c3cc4c5ccccc5c(-c5nc(-c6ccccc6)nc(-c6ccccc6)n5)cc4c4ccccc34)ccc1-2. The average molecular weight is 701 g/mol. The van der Waals surface area contributed by atoms with E-state index in [1.54, 1.807) is 0 Å². The molecule has 0 aliphatic carbocycles. The van der Waals surface area contributed by atoms with Gasteiger partial charge in [0.25, 0.3) is 0 Å². The topological polar surface area (TPSA) is 71.7 Å². The summed E-state index contributed by atoms with van der Waals surface area (Å²) in [5, 5.41) is 18.4. The molecule has 10 aromatic rings. The van der Waals surface area contributed by atoms with Gasteiger partial charge in [0.15, 0.2) is 17.5 Å². The van der Waals surface area contributed by atoms with Crippen molar-refractivity contribution in [3.63, 3.8) is 0 Å². The van der Waals surface area contributed by atoms with Crippen molar-refractivity contribution >= 4 is 43.1 Å². The summed E-state index contributed by atoms with van der Waals surface area (Å²) in [6.45, 7) is 0. The van der Waals surface area contributed by atoms with Gasteiger partial charge < -0.3 is 4.74 Å². The first-order valence-electron chi connectivity index (χ1n) is 18.2. The minimum atomic E-state index is 0.628. The maximum atomic E-state index is 9.78. The first-order chi connectivity index (χ1) is 27.2. The second kappa shape index (κ2) is 12.2. The lowest BCUT2D eigenvalue weighted by atomic mass is 9.87. The van der Waals surface area contributed by atoms with E-state index in [1.165, 1.54) is 0 Å². The van der Waals surface area contributed by atoms with E-state index >= 15 is 0 Å². The Morgan fingerprint density at radius 2 is 0.909 bits per heavy atom. The van der Waals surface area contributed by atoms with Crippen LogP contribution >= 0.6 is 0 Å². The van der Waals surface area contributed by atoms with E-state index < -0.39 is 0 Å². The van der Waals surface area contributed by atoms with Gasteiger partial charge in [-0.05, 0) is 85.4 Å². The molecule has 1 aliphatic heterocycles. The number of hydrogen-bond acceptors (Lipinski definition) is 5. The molecule has 0 atom stereocenters. The van der Waals surface area contributed by atoms with Crippen molar-refractivity contribution < 1.29 is 4.74 Å². The quantitative estimate of drug-likeness (QED) is 0.171. The zero-order valence-corrected chi connectivity index (χ0v) is 29.4. The van der Waals surface area contributed by atoms with Gasteiger partial charge in [0.05, 0.1) is 11.6 Å². The fraction of sp³-hybridized carbons (Fsp3) is 0. The van der Waals surface area contributed by atoms with Gasteiger partial charge in [0, 0.05) is 33.0 Å². The fourth-order valence-corrected chi connectivity index (χ4v) is 8.20. The first-order valence-corrected chi connectivity index (χ1v) is 18.2. The van der Waals surface area contributed by atoms with Gasteiger partial charge in [-0.15, -0.1) is 0 Å². The Labute approximate surface area is 316 Å². The molecular weight excluding hydrogens is 673 g/mol. The van der Waals surface area contributed by atoms with Crippen LogP contribution in [-0.2, 0) is 0 Å². The molecule has 0 fully saturated rings. The molecule has 11 rings (SSSR count). The third-order valence-corrected chi connectivity index (χ3v) is 10.7. The number of hydrogen-bond donors (Lipinski definition) is 0. The second-order valence-corrected chi connectivity index (χ2v) is 13.8. The molecule has 0 saturated heterocycles. The number of rotatable bonds is 4. The Balaban J connectivity index is 1.13. The van der Waals surface area contributed by atoms with Gasteiger partial charge in [0.1, 0.15) is 11.5 Å². The monoisotopic (exact) mass is 700 g/mol. The van der Waals surface area contributed by atoms with Crippen molar-refractivity contribution in [2.45, 2.75) is 0 Å². The van der Waals surface area contributed by atoms with Gasteiger partial charge in [-0.1, -0.05) is 133 Å². The maximum Gasteiger partial charge on any atom is 0.164 e. The van der Waals surface area contributed by atoms with Gasteiger partial charge in [-0.3, -0.25) is 0 Å². The van der Waals surface area contributed by atoms with Crippen molar-refractivity contribution in [3.8, 4) is 74.0 Å². The van der Waals surface area contributed by atoms with E-state index in [0.29, 0.717) is 23.0 Å². The molecule has 1 aromatic heterocycles. The maximum absolute atomic E-state index is 9.78. The first kappa shape index (κ1) is 30.9. The number of aromatic nitrogens is 3. The third kappa shape index (κ3) is 4.90. The zero-order chi connectivity index (χ0) is 36.5. The van der Waals surface area contributed by atoms with Crippen molar-refractivity contribution in [3.05, 3.63) is 175 Å². The highest BCUT2D eigenvalue weighted by Crippen LogP contribution is 2.49. The number of nitrogens with zero attached hydrogens (tertiary/aromatic N) is 4. The number of nitriles is 1. The zero-order valence-electron chi connectivity index (χ0n) is 29.4. The van der Waals surface area contributed by atoms with Gasteiger partial charge in [-0.2, -0.15) is 5.26 Å². The molecule has 0 spiro atoms. The smallest absolute Gasteiger partial charge is 0.164 e. The van der Waals surface area contributed by atoms with Crippen LogP contribution in [0.25, 0.3) is 99.5 Å². The Bertz CT molecular complexity index is 3180. The van der Waals surface area contributed by atoms with Crippen LogP contribution in [-0.4, -0.2) is 15.0 Å². The molecule has 0 amide bonds. The van der Waals surface area contributed by atoms with Crippen LogP contribution in [0.5, 0.6) is 11.5 Å². The summed E-state index contributed by atoms with van der Waals surface area (Å²) >= 11 is 0. The Morgan fingerprint density at radius 3 is 1.56 bits per heavy atom. The Kier molecular flexibility index (Phi) is 6.85. The molecule has 9 aromatic carbocycles. The molecule has 5 heteroatoms. The second-order valence-electron chi connectivity index (χ2n) is 13.8. The highest BCUT2D eigenvalue weighted by molar-refractivity contribution is 6.23. The van der Waals surface area contributed by atoms with Crippen molar-refractivity contribution in [1.29, 1.82) is 5.26 Å². The number of fused-ring (bicyclic) bond motifs is 7. The number of benzene rings is 9. The third-order valence-electron chi connectivity index (χ3n) is 10.7. The van der Waals surface area contributed by atoms with Gasteiger partial charge in [0.2, 0.25) is 0 Å². The fourth-order valence-electron chi connectivity index (χ4n) is 8.20. The molecule has 5 nitrogen and oxygen atoms in total. The number of ether oxygens (including phenoxy) is 1. The molecule has 254 valence electrons. The summed E-state index contributed by atoms with van der Waals surface area (Å²) in [5.41, 5.74) is 7.73. The molecule has 55 heavy (non-hydrogen) atoms. The summed E-state index contributed by atoms with van der Waals surface area (Å²) in [4.78, 5) is 15.2. The molecule has 1 aliphatic rings. The van der Waals surface area contributed by atoms with E-state index in [2.05, 4.69) is 84.9 Å². The molecule has 0 unspecified atom stereocenters. The van der Waals surface area contributed by atoms with Gasteiger partial charge >= 0.3 is 0 Å². The summed E-state index contributed by atoms with van der Waals surface area (Å²) < 4.78 is 6.60. The van der Waals surface area contributed by atoms with Crippen molar-refractivity contribution in [1.82, 2.24) is 15.0 Å². The normalized spacial score (nSPS) is 11.8. The van der Waals surface area contributed by atoms with Crippen LogP contribution in [0, 0.1) is 11.3 Å². The summed E-state index contributed by atoms with van der Waals surface area (Å²) in [7, 11) is 0. The van der Waals surface area contributed by atoms with E-state index in [0.717, 1.165) is 93.5 Å². The molecular formula is C50H28N4O. The predicted octanol–water partition coefficient (Wildman–Crippen LogP) is 12.8. The molecule has 0 saturated carbocycles. The van der Waals surface area contributed by atoms with Crippen LogP contribution < -0.4 is 4.74 Å². The van der Waals surface area contributed by atoms with E-state index in [1.807, 2.05) is 91.0 Å². The van der Waals surface area contributed by atoms with Gasteiger partial charge in [-0.25, -0.2) is 15.0 Å². The van der Waals surface area contributed by atoms with Crippen LogP contribution in [0.4, 0.5) is 0 Å². The molecule has 0 radical (unpaired) electrons. The molecule has 2 heterocycles. The Hall–Kier alpha value is -7.68. The van der Waals surface area contributed by atoms with E-state index in [9.17, 15) is 5.26 Å². The minimum Gasteiger partial charge on any atom is -0.456 e. The largest absolute Gasteiger partial charge is 0.456 e. The van der Waals surface area contributed by atoms with Crippen molar-refractivity contribution in [2.24, 2.45) is 0 Å². The summed E-state index contributed by atoms with van der Waals surface area (Å²) in [5.74, 6) is 3.45.